The molecule has 5 heteroatoms. The number of hydrogen-bond donors (Lipinski definition) is 1. The van der Waals surface area contributed by atoms with Crippen LogP contribution in [0.15, 0.2) is 65.3 Å². The molecule has 2 aromatic carbocycles. The van der Waals surface area contributed by atoms with Crippen LogP contribution in [0.25, 0.3) is 33.4 Å². The number of methoxy groups -OCH3 is 1. The lowest BCUT2D eigenvalue weighted by Crippen LogP contribution is -1.90. The van der Waals surface area contributed by atoms with Gasteiger partial charge in [0.2, 0.25) is 0 Å². The number of aromatic amines is 1. The molecule has 1 N–H and O–H groups in total. The Labute approximate surface area is 147 Å². The largest absolute Gasteiger partial charge is 0.497 e. The van der Waals surface area contributed by atoms with Crippen LogP contribution < -0.4 is 4.74 Å². The first-order chi connectivity index (χ1) is 11.7. The Kier molecular flexibility index (Phi) is 3.78. The van der Waals surface area contributed by atoms with E-state index in [1.54, 1.807) is 7.11 Å². The van der Waals surface area contributed by atoms with Crippen molar-refractivity contribution in [2.24, 2.45) is 0 Å². The van der Waals surface area contributed by atoms with Crippen LogP contribution in [0.5, 0.6) is 5.75 Å². The zero-order valence-corrected chi connectivity index (χ0v) is 14.5. The molecule has 0 saturated heterocycles. The van der Waals surface area contributed by atoms with E-state index < -0.39 is 0 Å². The van der Waals surface area contributed by atoms with Gasteiger partial charge in [0, 0.05) is 21.0 Å². The number of ether oxygens (including phenoxy) is 1. The third-order valence-electron chi connectivity index (χ3n) is 3.92. The van der Waals surface area contributed by atoms with E-state index in [1.165, 1.54) is 0 Å². The normalized spacial score (nSPS) is 10.9. The summed E-state index contributed by atoms with van der Waals surface area (Å²) in [6, 6.07) is 18.0. The molecular formula is C19H14BrN3O. The van der Waals surface area contributed by atoms with Crippen molar-refractivity contribution in [1.29, 1.82) is 0 Å². The van der Waals surface area contributed by atoms with Gasteiger partial charge in [-0.25, -0.2) is 4.98 Å². The van der Waals surface area contributed by atoms with Crippen molar-refractivity contribution in [3.05, 3.63) is 65.3 Å². The monoisotopic (exact) mass is 379 g/mol. The number of hydrogen-bond acceptors (Lipinski definition) is 3. The highest BCUT2D eigenvalue weighted by Crippen LogP contribution is 2.31. The number of rotatable bonds is 3. The molecule has 0 spiro atoms. The van der Waals surface area contributed by atoms with Gasteiger partial charge in [0.25, 0.3) is 0 Å². The summed E-state index contributed by atoms with van der Waals surface area (Å²) in [6.45, 7) is 0. The summed E-state index contributed by atoms with van der Waals surface area (Å²) in [7, 11) is 1.66. The Morgan fingerprint density at radius 2 is 1.83 bits per heavy atom. The Morgan fingerprint density at radius 3 is 2.58 bits per heavy atom. The van der Waals surface area contributed by atoms with Gasteiger partial charge in [0.15, 0.2) is 0 Å². The summed E-state index contributed by atoms with van der Waals surface area (Å²) in [6.07, 6.45) is 1.81. The van der Waals surface area contributed by atoms with Gasteiger partial charge in [0.05, 0.1) is 30.2 Å². The van der Waals surface area contributed by atoms with Crippen molar-refractivity contribution in [3.63, 3.8) is 0 Å². The van der Waals surface area contributed by atoms with Crippen LogP contribution in [0, 0.1) is 0 Å². The Balaban J connectivity index is 1.92. The van der Waals surface area contributed by atoms with E-state index in [0.717, 1.165) is 43.6 Å². The Hall–Kier alpha value is -2.66. The maximum absolute atomic E-state index is 5.24. The highest BCUT2D eigenvalue weighted by molar-refractivity contribution is 9.10. The molecule has 0 aliphatic heterocycles. The minimum absolute atomic E-state index is 0.824. The fourth-order valence-electron chi connectivity index (χ4n) is 2.71. The molecule has 0 fully saturated rings. The molecule has 0 atom stereocenters. The van der Waals surface area contributed by atoms with Gasteiger partial charge in [-0.3, -0.25) is 5.10 Å². The molecule has 0 unspecified atom stereocenters. The zero-order chi connectivity index (χ0) is 16.5. The van der Waals surface area contributed by atoms with Crippen LogP contribution in [0.2, 0.25) is 0 Å². The summed E-state index contributed by atoms with van der Waals surface area (Å²) < 4.78 is 6.27. The first-order valence-corrected chi connectivity index (χ1v) is 8.28. The van der Waals surface area contributed by atoms with Gasteiger partial charge in [0.1, 0.15) is 5.75 Å². The predicted octanol–water partition coefficient (Wildman–Crippen LogP) is 5.06. The zero-order valence-electron chi connectivity index (χ0n) is 13.0. The van der Waals surface area contributed by atoms with E-state index in [4.69, 9.17) is 9.72 Å². The molecule has 24 heavy (non-hydrogen) atoms. The Morgan fingerprint density at radius 1 is 1.00 bits per heavy atom. The fraction of sp³-hybridized carbons (Fsp3) is 0.0526. The standard InChI is InChI=1S/C19H14BrN3O/c1-24-15-7-5-12(6-8-15)19-16-11-21-23-18(16)10-17(22-19)13-3-2-4-14(20)9-13/h2-11H,1H3,(H,21,23). The smallest absolute Gasteiger partial charge is 0.118 e. The summed E-state index contributed by atoms with van der Waals surface area (Å²) in [5.74, 6) is 0.824. The summed E-state index contributed by atoms with van der Waals surface area (Å²) in [5, 5.41) is 8.22. The number of halogens is 1. The third kappa shape index (κ3) is 2.67. The Bertz CT molecular complexity index is 1010. The van der Waals surface area contributed by atoms with Crippen molar-refractivity contribution in [1.82, 2.24) is 15.2 Å². The second-order valence-corrected chi connectivity index (χ2v) is 6.34. The first kappa shape index (κ1) is 14.9. The minimum Gasteiger partial charge on any atom is -0.497 e. The molecule has 0 aliphatic carbocycles. The van der Waals surface area contributed by atoms with Crippen LogP contribution in [-0.4, -0.2) is 22.3 Å². The number of pyridine rings is 1. The fourth-order valence-corrected chi connectivity index (χ4v) is 3.11. The summed E-state index contributed by atoms with van der Waals surface area (Å²) in [5.41, 5.74) is 4.85. The highest BCUT2D eigenvalue weighted by atomic mass is 79.9. The molecule has 4 nitrogen and oxygen atoms in total. The van der Waals surface area contributed by atoms with Crippen LogP contribution in [0.3, 0.4) is 0 Å². The first-order valence-electron chi connectivity index (χ1n) is 7.49. The van der Waals surface area contributed by atoms with Crippen molar-refractivity contribution in [3.8, 4) is 28.3 Å². The predicted molar refractivity (Wildman–Crippen MR) is 99.0 cm³/mol. The average Bonchev–Trinajstić information content (AvgIpc) is 3.09. The topological polar surface area (TPSA) is 50.8 Å². The third-order valence-corrected chi connectivity index (χ3v) is 4.41. The van der Waals surface area contributed by atoms with Crippen molar-refractivity contribution in [2.45, 2.75) is 0 Å². The molecule has 0 saturated carbocycles. The lowest BCUT2D eigenvalue weighted by molar-refractivity contribution is 0.415. The number of nitrogens with one attached hydrogen (secondary N) is 1. The van der Waals surface area contributed by atoms with Crippen LogP contribution in [-0.2, 0) is 0 Å². The second-order valence-electron chi connectivity index (χ2n) is 5.43. The average molecular weight is 380 g/mol. The van der Waals surface area contributed by atoms with Gasteiger partial charge in [-0.05, 0) is 42.5 Å². The summed E-state index contributed by atoms with van der Waals surface area (Å²) >= 11 is 3.52. The lowest BCUT2D eigenvalue weighted by atomic mass is 10.0. The number of benzene rings is 2. The number of nitrogens with zero attached hydrogens (tertiary/aromatic N) is 2. The molecule has 2 heterocycles. The quantitative estimate of drug-likeness (QED) is 0.540. The molecule has 118 valence electrons. The van der Waals surface area contributed by atoms with Gasteiger partial charge >= 0.3 is 0 Å². The molecule has 0 bridgehead atoms. The molecule has 0 amide bonds. The number of aromatic nitrogens is 3. The molecular weight excluding hydrogens is 366 g/mol. The molecule has 4 aromatic rings. The van der Waals surface area contributed by atoms with Crippen molar-refractivity contribution >= 4 is 26.8 Å². The van der Waals surface area contributed by atoms with Gasteiger partial charge in [-0.15, -0.1) is 0 Å². The van der Waals surface area contributed by atoms with Crippen LogP contribution >= 0.6 is 15.9 Å². The van der Waals surface area contributed by atoms with Crippen molar-refractivity contribution in [2.75, 3.05) is 7.11 Å². The van der Waals surface area contributed by atoms with E-state index in [0.29, 0.717) is 0 Å². The summed E-state index contributed by atoms with van der Waals surface area (Å²) in [4.78, 5) is 4.89. The maximum Gasteiger partial charge on any atom is 0.118 e. The second kappa shape index (κ2) is 6.09. The maximum atomic E-state index is 5.24. The van der Waals surface area contributed by atoms with E-state index in [9.17, 15) is 0 Å². The number of H-pyrrole nitrogens is 1. The number of fused-ring (bicyclic) bond motifs is 1. The lowest BCUT2D eigenvalue weighted by Gasteiger charge is -2.08. The van der Waals surface area contributed by atoms with E-state index in [-0.39, 0.29) is 0 Å². The van der Waals surface area contributed by atoms with Crippen LogP contribution in [0.4, 0.5) is 0 Å². The van der Waals surface area contributed by atoms with E-state index >= 15 is 0 Å². The molecule has 0 aliphatic rings. The molecule has 0 radical (unpaired) electrons. The minimum atomic E-state index is 0.824. The van der Waals surface area contributed by atoms with Gasteiger partial charge in [-0.2, -0.15) is 5.10 Å². The molecule has 4 rings (SSSR count). The molecule has 2 aromatic heterocycles. The van der Waals surface area contributed by atoms with Gasteiger partial charge in [-0.1, -0.05) is 28.1 Å². The van der Waals surface area contributed by atoms with Crippen molar-refractivity contribution < 1.29 is 4.74 Å². The highest BCUT2D eigenvalue weighted by Gasteiger charge is 2.11. The van der Waals surface area contributed by atoms with E-state index in [2.05, 4.69) is 32.2 Å². The van der Waals surface area contributed by atoms with E-state index in [1.807, 2.05) is 54.7 Å². The van der Waals surface area contributed by atoms with Crippen LogP contribution in [0.1, 0.15) is 0 Å². The van der Waals surface area contributed by atoms with Gasteiger partial charge < -0.3 is 4.74 Å². The SMILES string of the molecule is COc1ccc(-c2nc(-c3cccc(Br)c3)cc3[nH]ncc23)cc1.